The van der Waals surface area contributed by atoms with E-state index in [9.17, 15) is 14.0 Å². The molecule has 1 amide bonds. The lowest BCUT2D eigenvalue weighted by Crippen LogP contribution is -2.34. The number of carbonyl (C=O) groups is 2. The number of methoxy groups -OCH3 is 1. The molecule has 2 heterocycles. The molecule has 0 bridgehead atoms. The number of hydrogen-bond acceptors (Lipinski definition) is 5. The molecule has 8 heteroatoms. The van der Waals surface area contributed by atoms with Gasteiger partial charge in [0.25, 0.3) is 5.91 Å². The minimum Gasteiger partial charge on any atom is -0.463 e. The number of halogens is 1. The average Bonchev–Trinajstić information content (AvgIpc) is 3.23. The quantitative estimate of drug-likeness (QED) is 0.508. The van der Waals surface area contributed by atoms with Gasteiger partial charge in [-0.2, -0.15) is 0 Å². The van der Waals surface area contributed by atoms with Crippen molar-refractivity contribution in [3.05, 3.63) is 59.7 Å². The van der Waals surface area contributed by atoms with Gasteiger partial charge in [0, 0.05) is 38.4 Å². The van der Waals surface area contributed by atoms with Crippen molar-refractivity contribution in [2.45, 2.75) is 6.10 Å². The second-order valence-electron chi connectivity index (χ2n) is 5.85. The first-order chi connectivity index (χ1) is 13.0. The Kier molecular flexibility index (Phi) is 5.56. The van der Waals surface area contributed by atoms with Crippen molar-refractivity contribution < 1.29 is 27.9 Å². The molecule has 142 valence electrons. The smallest absolute Gasteiger partial charge is 0.356 e. The molecule has 0 aliphatic heterocycles. The second kappa shape index (κ2) is 8.05. The number of nitrogens with one attached hydrogen (secondary N) is 1. The number of benzene rings is 1. The first kappa shape index (κ1) is 18.7. The summed E-state index contributed by atoms with van der Waals surface area (Å²) in [6, 6.07) is 8.88. The van der Waals surface area contributed by atoms with Crippen LogP contribution in [0.5, 0.6) is 0 Å². The van der Waals surface area contributed by atoms with Gasteiger partial charge in [-0.3, -0.25) is 4.79 Å². The van der Waals surface area contributed by atoms with E-state index >= 15 is 0 Å². The number of aryl methyl sites for hydroxylation is 1. The summed E-state index contributed by atoms with van der Waals surface area (Å²) >= 11 is 0. The van der Waals surface area contributed by atoms with E-state index in [0.717, 1.165) is 0 Å². The fraction of sp³-hybridized carbons (Fsp3) is 0.263. The molecule has 0 radical (unpaired) electrons. The van der Waals surface area contributed by atoms with Gasteiger partial charge in [0.15, 0.2) is 5.58 Å². The summed E-state index contributed by atoms with van der Waals surface area (Å²) in [5.74, 6) is -2.04. The number of carbonyl (C=O) groups excluding carboxylic acids is 2. The van der Waals surface area contributed by atoms with Crippen molar-refractivity contribution in [2.24, 2.45) is 7.05 Å². The predicted molar refractivity (Wildman–Crippen MR) is 94.6 cm³/mol. The summed E-state index contributed by atoms with van der Waals surface area (Å²) in [7, 11) is 3.16. The van der Waals surface area contributed by atoms with E-state index in [1.807, 2.05) is 0 Å². The van der Waals surface area contributed by atoms with Gasteiger partial charge in [0.1, 0.15) is 11.5 Å². The maximum absolute atomic E-state index is 14.2. The van der Waals surface area contributed by atoms with Crippen LogP contribution < -0.4 is 5.32 Å². The van der Waals surface area contributed by atoms with Crippen molar-refractivity contribution in [3.8, 4) is 0 Å². The first-order valence-electron chi connectivity index (χ1n) is 8.28. The number of fused-ring (bicyclic) bond motifs is 1. The Bertz CT molecular complexity index is 962. The molecule has 0 saturated carbocycles. The fourth-order valence-corrected chi connectivity index (χ4v) is 2.73. The molecule has 0 aliphatic carbocycles. The Morgan fingerprint density at radius 1 is 1.30 bits per heavy atom. The van der Waals surface area contributed by atoms with Crippen molar-refractivity contribution in [1.29, 1.82) is 0 Å². The molecule has 0 spiro atoms. The number of hydrogen-bond donors (Lipinski definition) is 1. The third-order valence-electron chi connectivity index (χ3n) is 4.13. The highest BCUT2D eigenvalue weighted by Crippen LogP contribution is 2.25. The van der Waals surface area contributed by atoms with Crippen LogP contribution in [0.1, 0.15) is 22.2 Å². The van der Waals surface area contributed by atoms with Crippen LogP contribution in [-0.2, 0) is 21.3 Å². The third-order valence-corrected chi connectivity index (χ3v) is 4.13. The Hall–Kier alpha value is -3.13. The summed E-state index contributed by atoms with van der Waals surface area (Å²) in [5.41, 5.74) is 1.37. The van der Waals surface area contributed by atoms with Gasteiger partial charge < -0.3 is 23.8 Å². The molecule has 1 N–H and O–H groups in total. The van der Waals surface area contributed by atoms with Crippen LogP contribution in [0.2, 0.25) is 0 Å². The van der Waals surface area contributed by atoms with Crippen LogP contribution in [0.25, 0.3) is 11.1 Å². The summed E-state index contributed by atoms with van der Waals surface area (Å²) in [6.07, 6.45) is 0.0716. The van der Waals surface area contributed by atoms with E-state index in [1.165, 1.54) is 37.6 Å². The summed E-state index contributed by atoms with van der Waals surface area (Å²) in [4.78, 5) is 25.2. The predicted octanol–water partition coefficient (Wildman–Crippen LogP) is 2.57. The number of amides is 1. The second-order valence-corrected chi connectivity index (χ2v) is 5.85. The number of esters is 1. The van der Waals surface area contributed by atoms with Crippen LogP contribution >= 0.6 is 0 Å². The zero-order valence-corrected chi connectivity index (χ0v) is 14.9. The molecule has 2 aromatic heterocycles. The van der Waals surface area contributed by atoms with Gasteiger partial charge >= 0.3 is 5.97 Å². The van der Waals surface area contributed by atoms with Gasteiger partial charge in [-0.1, -0.05) is 18.2 Å². The van der Waals surface area contributed by atoms with Gasteiger partial charge in [-0.15, -0.1) is 0 Å². The molecule has 0 saturated heterocycles. The van der Waals surface area contributed by atoms with E-state index in [0.29, 0.717) is 11.1 Å². The van der Waals surface area contributed by atoms with Crippen molar-refractivity contribution in [2.75, 3.05) is 20.3 Å². The highest BCUT2D eigenvalue weighted by Gasteiger charge is 2.29. The van der Waals surface area contributed by atoms with Crippen molar-refractivity contribution in [1.82, 2.24) is 9.88 Å². The molecule has 3 aromatic rings. The monoisotopic (exact) mass is 374 g/mol. The maximum atomic E-state index is 14.2. The van der Waals surface area contributed by atoms with Crippen molar-refractivity contribution >= 4 is 23.0 Å². The van der Waals surface area contributed by atoms with E-state index in [2.05, 4.69) is 5.32 Å². The Morgan fingerprint density at radius 2 is 2.07 bits per heavy atom. The molecule has 1 atom stereocenters. The van der Waals surface area contributed by atoms with Crippen LogP contribution in [0, 0.1) is 5.82 Å². The van der Waals surface area contributed by atoms with Crippen LogP contribution in [-0.4, -0.2) is 36.7 Å². The zero-order chi connectivity index (χ0) is 19.4. The SMILES string of the molecule is COCCNC(=O)[C@H](OC(=O)c1cc2occc2n1C)c1ccccc1F. The molecule has 0 unspecified atom stereocenters. The van der Waals surface area contributed by atoms with Crippen molar-refractivity contribution in [3.63, 3.8) is 0 Å². The fourth-order valence-electron chi connectivity index (χ4n) is 2.73. The number of furan rings is 1. The normalized spacial score (nSPS) is 12.1. The van der Waals surface area contributed by atoms with E-state index in [1.54, 1.807) is 23.7 Å². The zero-order valence-electron chi connectivity index (χ0n) is 14.9. The van der Waals surface area contributed by atoms with Gasteiger partial charge in [-0.25, -0.2) is 9.18 Å². The summed E-state index contributed by atoms with van der Waals surface area (Å²) in [5, 5.41) is 2.57. The standard InChI is InChI=1S/C19H19FN2O5/c1-22-14-7-9-26-16(14)11-15(22)19(24)27-17(18(23)21-8-10-25-2)12-5-3-4-6-13(12)20/h3-7,9,11,17H,8,10H2,1-2H3,(H,21,23)/t17-/m1/s1. The largest absolute Gasteiger partial charge is 0.463 e. The van der Waals surface area contributed by atoms with Gasteiger partial charge in [0.05, 0.1) is 18.4 Å². The molecule has 3 rings (SSSR count). The molecule has 0 fully saturated rings. The minimum absolute atomic E-state index is 0.0290. The number of nitrogens with zero attached hydrogens (tertiary/aromatic N) is 1. The molecule has 1 aromatic carbocycles. The van der Waals surface area contributed by atoms with Crippen LogP contribution in [0.3, 0.4) is 0 Å². The third kappa shape index (κ3) is 3.85. The molecule has 0 aliphatic rings. The Balaban J connectivity index is 1.87. The average molecular weight is 374 g/mol. The maximum Gasteiger partial charge on any atom is 0.356 e. The van der Waals surface area contributed by atoms with Crippen LogP contribution in [0.15, 0.2) is 47.1 Å². The molecule has 27 heavy (non-hydrogen) atoms. The first-order valence-corrected chi connectivity index (χ1v) is 8.28. The molecular weight excluding hydrogens is 355 g/mol. The highest BCUT2D eigenvalue weighted by atomic mass is 19.1. The van der Waals surface area contributed by atoms with E-state index in [4.69, 9.17) is 13.9 Å². The number of ether oxygens (including phenoxy) is 2. The Labute approximate surface area is 154 Å². The number of rotatable bonds is 7. The van der Waals surface area contributed by atoms with E-state index < -0.39 is 23.8 Å². The topological polar surface area (TPSA) is 82.7 Å². The highest BCUT2D eigenvalue weighted by molar-refractivity contribution is 5.95. The van der Waals surface area contributed by atoms with Crippen LogP contribution in [0.4, 0.5) is 4.39 Å². The lowest BCUT2D eigenvalue weighted by atomic mass is 10.1. The van der Waals surface area contributed by atoms with E-state index in [-0.39, 0.29) is 24.4 Å². The lowest BCUT2D eigenvalue weighted by Gasteiger charge is -2.18. The molecule has 7 nitrogen and oxygen atoms in total. The molecular formula is C19H19FN2O5. The Morgan fingerprint density at radius 3 is 2.78 bits per heavy atom. The van der Waals surface area contributed by atoms with Gasteiger partial charge in [-0.05, 0) is 6.07 Å². The number of aromatic nitrogens is 1. The summed E-state index contributed by atoms with van der Waals surface area (Å²) < 4.78 is 31.3. The minimum atomic E-state index is -1.43. The summed E-state index contributed by atoms with van der Waals surface area (Å²) in [6.45, 7) is 0.479. The van der Waals surface area contributed by atoms with Gasteiger partial charge in [0.2, 0.25) is 6.10 Å². The lowest BCUT2D eigenvalue weighted by molar-refractivity contribution is -0.130.